The van der Waals surface area contributed by atoms with Crippen LogP contribution in [0.25, 0.3) is 11.1 Å². The van der Waals surface area contributed by atoms with Crippen LogP contribution in [0.15, 0.2) is 47.6 Å². The lowest BCUT2D eigenvalue weighted by Crippen LogP contribution is -2.05. The van der Waals surface area contributed by atoms with E-state index in [4.69, 9.17) is 10.5 Å². The first-order valence-corrected chi connectivity index (χ1v) is 7.02. The topological polar surface area (TPSA) is 73.4 Å². The highest BCUT2D eigenvalue weighted by Crippen LogP contribution is 2.39. The number of hydrogen-bond donors (Lipinski definition) is 1. The van der Waals surface area contributed by atoms with E-state index in [0.29, 0.717) is 17.4 Å². The van der Waals surface area contributed by atoms with Crippen molar-refractivity contribution in [1.29, 1.82) is 0 Å². The Kier molecular flexibility index (Phi) is 2.79. The van der Waals surface area contributed by atoms with Crippen molar-refractivity contribution in [2.45, 2.75) is 6.42 Å². The molecule has 0 unspecified atom stereocenters. The van der Waals surface area contributed by atoms with Crippen LogP contribution in [-0.4, -0.2) is 22.8 Å². The molecule has 1 aliphatic carbocycles. The lowest BCUT2D eigenvalue weighted by atomic mass is 9.93. The molecule has 0 amide bonds. The van der Waals surface area contributed by atoms with Gasteiger partial charge in [-0.05, 0) is 12.1 Å². The van der Waals surface area contributed by atoms with Gasteiger partial charge in [0.15, 0.2) is 17.4 Å². The summed E-state index contributed by atoms with van der Waals surface area (Å²) in [5.74, 6) is 1.44. The molecule has 22 heavy (non-hydrogen) atoms. The number of nitrogen functional groups attached to an aromatic ring is 1. The first kappa shape index (κ1) is 12.8. The second kappa shape index (κ2) is 4.80. The monoisotopic (exact) mass is 290 g/mol. The Hall–Kier alpha value is -2.95. The third kappa shape index (κ3) is 1.90. The van der Waals surface area contributed by atoms with E-state index in [0.717, 1.165) is 34.5 Å². The van der Waals surface area contributed by atoms with Gasteiger partial charge in [0.25, 0.3) is 0 Å². The molecule has 0 bridgehead atoms. The fraction of sp³-hybridized carbons (Fsp3) is 0.118. The predicted octanol–water partition coefficient (Wildman–Crippen LogP) is 3.02. The molecular formula is C17H14N4O. The minimum Gasteiger partial charge on any atom is -0.491 e. The summed E-state index contributed by atoms with van der Waals surface area (Å²) in [5, 5.41) is 0. The molecule has 4 rings (SSSR count). The Balaban J connectivity index is 1.76. The maximum Gasteiger partial charge on any atom is 0.179 e. The van der Waals surface area contributed by atoms with Gasteiger partial charge >= 0.3 is 0 Å². The van der Waals surface area contributed by atoms with Gasteiger partial charge in [0.2, 0.25) is 0 Å². The molecule has 2 aromatic rings. The van der Waals surface area contributed by atoms with Crippen LogP contribution >= 0.6 is 0 Å². The molecule has 1 aliphatic heterocycles. The summed E-state index contributed by atoms with van der Waals surface area (Å²) in [7, 11) is 1.55. The van der Waals surface area contributed by atoms with Gasteiger partial charge in [0.05, 0.1) is 24.7 Å². The van der Waals surface area contributed by atoms with E-state index in [-0.39, 0.29) is 0 Å². The van der Waals surface area contributed by atoms with Gasteiger partial charge < -0.3 is 10.5 Å². The van der Waals surface area contributed by atoms with Crippen LogP contribution in [0.1, 0.15) is 17.8 Å². The average molecular weight is 290 g/mol. The minimum atomic E-state index is 0.345. The molecule has 5 nitrogen and oxygen atoms in total. The van der Waals surface area contributed by atoms with Crippen molar-refractivity contribution in [2.75, 3.05) is 12.8 Å². The largest absolute Gasteiger partial charge is 0.491 e. The van der Waals surface area contributed by atoms with Crippen molar-refractivity contribution in [3.05, 3.63) is 54.0 Å². The highest BCUT2D eigenvalue weighted by molar-refractivity contribution is 6.32. The number of para-hydroxylation sites is 1. The van der Waals surface area contributed by atoms with Gasteiger partial charge in [-0.15, -0.1) is 0 Å². The molecule has 108 valence electrons. The summed E-state index contributed by atoms with van der Waals surface area (Å²) >= 11 is 0. The zero-order valence-corrected chi connectivity index (χ0v) is 12.1. The molecular weight excluding hydrogens is 276 g/mol. The molecule has 0 saturated heterocycles. The second-order valence-electron chi connectivity index (χ2n) is 5.14. The van der Waals surface area contributed by atoms with Crippen LogP contribution in [0.4, 0.5) is 11.5 Å². The van der Waals surface area contributed by atoms with Crippen LogP contribution in [0.3, 0.4) is 0 Å². The number of nitrogens with two attached hydrogens (primary N) is 1. The van der Waals surface area contributed by atoms with Gasteiger partial charge in [-0.2, -0.15) is 0 Å². The van der Waals surface area contributed by atoms with Crippen LogP contribution in [0, 0.1) is 0 Å². The van der Waals surface area contributed by atoms with E-state index in [2.05, 4.69) is 33.2 Å². The summed E-state index contributed by atoms with van der Waals surface area (Å²) in [6.45, 7) is 0. The number of allylic oxidation sites excluding steroid dienone is 4. The molecule has 2 aliphatic rings. The summed E-state index contributed by atoms with van der Waals surface area (Å²) < 4.78 is 5.10. The van der Waals surface area contributed by atoms with Crippen LogP contribution in [-0.2, 0) is 0 Å². The van der Waals surface area contributed by atoms with Crippen LogP contribution in [0.2, 0.25) is 0 Å². The first-order valence-electron chi connectivity index (χ1n) is 7.02. The van der Waals surface area contributed by atoms with Crippen molar-refractivity contribution in [3.63, 3.8) is 0 Å². The number of hydrogen-bond acceptors (Lipinski definition) is 5. The Bertz CT molecular complexity index is 865. The summed E-state index contributed by atoms with van der Waals surface area (Å²) in [4.78, 5) is 13.3. The molecule has 5 heteroatoms. The van der Waals surface area contributed by atoms with Crippen molar-refractivity contribution in [1.82, 2.24) is 9.97 Å². The Morgan fingerprint density at radius 1 is 1.23 bits per heavy atom. The third-order valence-corrected chi connectivity index (χ3v) is 3.84. The zero-order chi connectivity index (χ0) is 15.1. The molecule has 0 spiro atoms. The van der Waals surface area contributed by atoms with Gasteiger partial charge in [-0.3, -0.25) is 4.99 Å². The van der Waals surface area contributed by atoms with Gasteiger partial charge in [0, 0.05) is 23.1 Å². The number of ether oxygens (including phenoxy) is 1. The standard InChI is InChI=1S/C17H14N4O/c1-22-15-9-19-17(21-16(15)18)10-6-7-14-12(8-10)11-4-2-3-5-13(11)20-14/h2-6,8-9H,7H2,1H3,(H2,18,19,21). The molecule has 0 radical (unpaired) electrons. The SMILES string of the molecule is COc1cnc(C2=CCC3=Nc4ccccc4C3=C2)nc1N. The smallest absolute Gasteiger partial charge is 0.179 e. The normalized spacial score (nSPS) is 15.4. The molecule has 0 atom stereocenters. The molecule has 0 fully saturated rings. The number of benzene rings is 1. The summed E-state index contributed by atoms with van der Waals surface area (Å²) in [5.41, 5.74) is 11.2. The maximum absolute atomic E-state index is 5.87. The van der Waals surface area contributed by atoms with Crippen molar-refractivity contribution < 1.29 is 4.74 Å². The molecule has 1 aromatic heterocycles. The fourth-order valence-corrected chi connectivity index (χ4v) is 2.73. The number of anilines is 1. The van der Waals surface area contributed by atoms with Crippen LogP contribution < -0.4 is 10.5 Å². The van der Waals surface area contributed by atoms with E-state index in [1.54, 1.807) is 13.3 Å². The number of rotatable bonds is 2. The maximum atomic E-state index is 5.87. The quantitative estimate of drug-likeness (QED) is 0.922. The molecule has 2 N–H and O–H groups in total. The second-order valence-corrected chi connectivity index (χ2v) is 5.14. The summed E-state index contributed by atoms with van der Waals surface area (Å²) in [6, 6.07) is 8.15. The predicted molar refractivity (Wildman–Crippen MR) is 87.1 cm³/mol. The van der Waals surface area contributed by atoms with Crippen molar-refractivity contribution >= 4 is 28.4 Å². The number of methoxy groups -OCH3 is 1. The average Bonchev–Trinajstić information content (AvgIpc) is 2.92. The minimum absolute atomic E-state index is 0.345. The zero-order valence-electron chi connectivity index (χ0n) is 12.1. The Morgan fingerprint density at radius 2 is 2.09 bits per heavy atom. The van der Waals surface area contributed by atoms with E-state index < -0.39 is 0 Å². The van der Waals surface area contributed by atoms with Gasteiger partial charge in [0.1, 0.15) is 0 Å². The molecule has 1 aromatic carbocycles. The highest BCUT2D eigenvalue weighted by atomic mass is 16.5. The van der Waals surface area contributed by atoms with Gasteiger partial charge in [-0.25, -0.2) is 9.97 Å². The number of nitrogens with zero attached hydrogens (tertiary/aromatic N) is 3. The Labute approximate surface area is 127 Å². The number of aromatic nitrogens is 2. The number of fused-ring (bicyclic) bond motifs is 3. The van der Waals surface area contributed by atoms with Crippen LogP contribution in [0.5, 0.6) is 5.75 Å². The lowest BCUT2D eigenvalue weighted by molar-refractivity contribution is 0.413. The third-order valence-electron chi connectivity index (χ3n) is 3.84. The van der Waals surface area contributed by atoms with Crippen molar-refractivity contribution in [3.8, 4) is 5.75 Å². The highest BCUT2D eigenvalue weighted by Gasteiger charge is 2.23. The first-order chi connectivity index (χ1) is 10.8. The molecule has 0 saturated carbocycles. The summed E-state index contributed by atoms with van der Waals surface area (Å²) in [6.07, 6.45) is 6.53. The van der Waals surface area contributed by atoms with Gasteiger partial charge in [-0.1, -0.05) is 24.3 Å². The van der Waals surface area contributed by atoms with E-state index in [1.807, 2.05) is 18.2 Å². The Morgan fingerprint density at radius 3 is 2.91 bits per heavy atom. The lowest BCUT2D eigenvalue weighted by Gasteiger charge is -2.12. The number of aliphatic imine (C=N–C) groups is 1. The van der Waals surface area contributed by atoms with Crippen molar-refractivity contribution in [2.24, 2.45) is 4.99 Å². The van der Waals surface area contributed by atoms with E-state index >= 15 is 0 Å². The molecule has 2 heterocycles. The fourth-order valence-electron chi connectivity index (χ4n) is 2.73. The van der Waals surface area contributed by atoms with E-state index in [1.165, 1.54) is 0 Å². The van der Waals surface area contributed by atoms with E-state index in [9.17, 15) is 0 Å².